The number of carbonyl (C=O) groups excluding carboxylic acids is 1. The van der Waals surface area contributed by atoms with Gasteiger partial charge in [-0.25, -0.2) is 9.97 Å². The smallest absolute Gasteiger partial charge is 0.156 e. The van der Waals surface area contributed by atoms with Crippen LogP contribution in [0.1, 0.15) is 25.7 Å². The van der Waals surface area contributed by atoms with Crippen LogP contribution in [0, 0.1) is 0 Å². The van der Waals surface area contributed by atoms with Gasteiger partial charge in [-0.2, -0.15) is 5.10 Å². The highest BCUT2D eigenvalue weighted by Gasteiger charge is 2.24. The number of nitrogen functional groups attached to an aromatic ring is 1. The van der Waals surface area contributed by atoms with Crippen molar-refractivity contribution in [3.8, 4) is 22.5 Å². The van der Waals surface area contributed by atoms with Gasteiger partial charge in [-0.1, -0.05) is 53.7 Å². The molecule has 0 aliphatic heterocycles. The van der Waals surface area contributed by atoms with Gasteiger partial charge in [-0.3, -0.25) is 9.89 Å². The third kappa shape index (κ3) is 4.03. The summed E-state index contributed by atoms with van der Waals surface area (Å²) in [5.41, 5.74) is 10.3. The Hall–Kier alpha value is -2.90. The van der Waals surface area contributed by atoms with Crippen LogP contribution in [0.5, 0.6) is 0 Å². The molecule has 2 aromatic carbocycles. The van der Waals surface area contributed by atoms with Crippen LogP contribution in [0.4, 0.5) is 5.82 Å². The number of fused-ring (bicyclic) bond motifs is 1. The molecule has 1 aliphatic rings. The summed E-state index contributed by atoms with van der Waals surface area (Å²) < 4.78 is 0. The van der Waals surface area contributed by atoms with Gasteiger partial charge in [-0.05, 0) is 25.0 Å². The zero-order valence-electron chi connectivity index (χ0n) is 16.6. The lowest BCUT2D eigenvalue weighted by Crippen LogP contribution is -2.17. The third-order valence-electron chi connectivity index (χ3n) is 5.43. The number of nitrogens with zero attached hydrogens (tertiary/aromatic N) is 3. The number of hydrogen-bond acceptors (Lipinski definition) is 6. The molecule has 1 saturated carbocycles. The Labute approximate surface area is 188 Å². The van der Waals surface area contributed by atoms with Gasteiger partial charge in [0.15, 0.2) is 5.82 Å². The van der Waals surface area contributed by atoms with Gasteiger partial charge < -0.3 is 5.73 Å². The maximum absolute atomic E-state index is 11.9. The van der Waals surface area contributed by atoms with Crippen molar-refractivity contribution in [1.82, 2.24) is 20.2 Å². The van der Waals surface area contributed by atoms with E-state index in [1.165, 1.54) is 0 Å². The fourth-order valence-electron chi connectivity index (χ4n) is 3.91. The minimum atomic E-state index is 0.174. The molecule has 2 heterocycles. The Bertz CT molecular complexity index is 1270. The summed E-state index contributed by atoms with van der Waals surface area (Å²) in [6.07, 6.45) is 4.83. The van der Waals surface area contributed by atoms with E-state index in [4.69, 9.17) is 27.3 Å². The number of anilines is 1. The fraction of sp³-hybridized carbons (Fsp3) is 0.217. The largest absolute Gasteiger partial charge is 0.381 e. The molecule has 2 aromatic heterocycles. The first-order valence-corrected chi connectivity index (χ1v) is 11.4. The van der Waals surface area contributed by atoms with Crippen molar-refractivity contribution in [2.75, 3.05) is 5.73 Å². The van der Waals surface area contributed by atoms with Crippen LogP contribution >= 0.6 is 23.4 Å². The normalized spacial score (nSPS) is 16.7. The molecule has 6 nitrogen and oxygen atoms in total. The van der Waals surface area contributed by atoms with Crippen LogP contribution in [0.2, 0.25) is 5.02 Å². The lowest BCUT2D eigenvalue weighted by molar-refractivity contribution is -0.120. The predicted molar refractivity (Wildman–Crippen MR) is 125 cm³/mol. The zero-order valence-corrected chi connectivity index (χ0v) is 18.2. The van der Waals surface area contributed by atoms with Crippen molar-refractivity contribution in [2.45, 2.75) is 36.0 Å². The summed E-state index contributed by atoms with van der Waals surface area (Å²) in [6, 6.07) is 13.7. The Balaban J connectivity index is 1.64. The van der Waals surface area contributed by atoms with E-state index in [-0.39, 0.29) is 5.25 Å². The highest BCUT2D eigenvalue weighted by Crippen LogP contribution is 2.39. The molecule has 0 spiro atoms. The van der Waals surface area contributed by atoms with Gasteiger partial charge in [-0.15, -0.1) is 0 Å². The Morgan fingerprint density at radius 1 is 1.10 bits per heavy atom. The molecule has 3 N–H and O–H groups in total. The molecular formula is C23H20ClN5OS. The highest BCUT2D eigenvalue weighted by molar-refractivity contribution is 8.00. The lowest BCUT2D eigenvalue weighted by atomic mass is 9.99. The molecule has 1 unspecified atom stereocenters. The maximum Gasteiger partial charge on any atom is 0.156 e. The molecule has 0 amide bonds. The molecule has 8 heteroatoms. The van der Waals surface area contributed by atoms with Crippen molar-refractivity contribution in [1.29, 1.82) is 0 Å². The molecule has 0 radical (unpaired) electrons. The van der Waals surface area contributed by atoms with Gasteiger partial charge in [0.05, 0.1) is 28.1 Å². The van der Waals surface area contributed by atoms with Gasteiger partial charge in [0, 0.05) is 34.6 Å². The molecule has 5 rings (SSSR count). The highest BCUT2D eigenvalue weighted by atomic mass is 35.5. The van der Waals surface area contributed by atoms with Crippen LogP contribution in [-0.2, 0) is 4.79 Å². The minimum absolute atomic E-state index is 0.174. The number of nitrogens with one attached hydrogen (secondary N) is 1. The first kappa shape index (κ1) is 20.0. The van der Waals surface area contributed by atoms with Gasteiger partial charge >= 0.3 is 0 Å². The number of carbonyl (C=O) groups is 1. The summed E-state index contributed by atoms with van der Waals surface area (Å²) >= 11 is 8.05. The monoisotopic (exact) mass is 449 g/mol. The first-order chi connectivity index (χ1) is 15.1. The van der Waals surface area contributed by atoms with Crippen LogP contribution in [0.15, 0.2) is 53.7 Å². The summed E-state index contributed by atoms with van der Waals surface area (Å²) in [4.78, 5) is 21.6. The van der Waals surface area contributed by atoms with Crippen LogP contribution in [0.3, 0.4) is 0 Å². The number of halogens is 1. The van der Waals surface area contributed by atoms with Crippen molar-refractivity contribution < 1.29 is 4.79 Å². The molecule has 4 aromatic rings. The van der Waals surface area contributed by atoms with E-state index in [9.17, 15) is 4.79 Å². The average molecular weight is 450 g/mol. The predicted octanol–water partition coefficient (Wildman–Crippen LogP) is 5.53. The Kier molecular flexibility index (Phi) is 5.38. The van der Waals surface area contributed by atoms with E-state index in [0.717, 1.165) is 34.9 Å². The number of aromatic nitrogens is 4. The standard InChI is InChI=1S/C23H20ClN5OS/c24-18-10-14(9-15-12-26-29-19(15)18)21-20(13-5-2-1-3-6-13)27-22(25)23(28-21)31-17-8-4-7-16(30)11-17/h1-3,5-6,9-10,12,17H,4,7-8,11H2,(H2,25,27)(H,26,29). The SMILES string of the molecule is Nc1nc(-c2ccccc2)c(-c2cc(Cl)c3[nH]ncc3c2)nc1SC1CCCC(=O)C1. The molecule has 0 bridgehead atoms. The van der Waals surface area contributed by atoms with E-state index in [2.05, 4.69) is 10.2 Å². The number of benzene rings is 2. The topological polar surface area (TPSA) is 97.6 Å². The van der Waals surface area contributed by atoms with Crippen LogP contribution in [-0.4, -0.2) is 31.2 Å². The quantitative estimate of drug-likeness (QED) is 0.425. The van der Waals surface area contributed by atoms with Crippen molar-refractivity contribution >= 4 is 45.9 Å². The number of H-pyrrole nitrogens is 1. The molecule has 1 atom stereocenters. The molecule has 1 aliphatic carbocycles. The number of ketones is 1. The second kappa shape index (κ2) is 8.32. The number of thioether (sulfide) groups is 1. The second-order valence-electron chi connectivity index (χ2n) is 7.64. The van der Waals surface area contributed by atoms with Crippen molar-refractivity contribution in [2.24, 2.45) is 0 Å². The number of aromatic amines is 1. The summed E-state index contributed by atoms with van der Waals surface area (Å²) in [5.74, 6) is 0.676. The molecule has 0 saturated heterocycles. The third-order valence-corrected chi connectivity index (χ3v) is 6.98. The molecule has 31 heavy (non-hydrogen) atoms. The van der Waals surface area contributed by atoms with Gasteiger partial charge in [0.1, 0.15) is 10.8 Å². The van der Waals surface area contributed by atoms with E-state index in [0.29, 0.717) is 45.9 Å². The molecular weight excluding hydrogens is 430 g/mol. The molecule has 1 fully saturated rings. The summed E-state index contributed by atoms with van der Waals surface area (Å²) in [6.45, 7) is 0. The summed E-state index contributed by atoms with van der Waals surface area (Å²) in [7, 11) is 0. The zero-order chi connectivity index (χ0) is 21.4. The number of nitrogens with two attached hydrogens (primary N) is 1. The minimum Gasteiger partial charge on any atom is -0.381 e. The van der Waals surface area contributed by atoms with Gasteiger partial charge in [0.2, 0.25) is 0 Å². The van der Waals surface area contributed by atoms with Crippen LogP contribution < -0.4 is 5.73 Å². The number of hydrogen-bond donors (Lipinski definition) is 2. The first-order valence-electron chi connectivity index (χ1n) is 10.1. The average Bonchev–Trinajstić information content (AvgIpc) is 3.25. The van der Waals surface area contributed by atoms with Crippen molar-refractivity contribution in [3.63, 3.8) is 0 Å². The van der Waals surface area contributed by atoms with E-state index in [1.807, 2.05) is 42.5 Å². The lowest BCUT2D eigenvalue weighted by Gasteiger charge is -2.21. The van der Waals surface area contributed by atoms with Crippen molar-refractivity contribution in [3.05, 3.63) is 53.7 Å². The maximum atomic E-state index is 11.9. The molecule has 156 valence electrons. The summed E-state index contributed by atoms with van der Waals surface area (Å²) in [5, 5.41) is 9.29. The Morgan fingerprint density at radius 3 is 2.71 bits per heavy atom. The van der Waals surface area contributed by atoms with E-state index < -0.39 is 0 Å². The van der Waals surface area contributed by atoms with E-state index in [1.54, 1.807) is 18.0 Å². The van der Waals surface area contributed by atoms with Gasteiger partial charge in [0.25, 0.3) is 0 Å². The van der Waals surface area contributed by atoms with Crippen LogP contribution in [0.25, 0.3) is 33.4 Å². The second-order valence-corrected chi connectivity index (χ2v) is 9.34. The number of rotatable bonds is 4. The Morgan fingerprint density at radius 2 is 1.90 bits per heavy atom. The van der Waals surface area contributed by atoms with E-state index >= 15 is 0 Å². The number of Topliss-reactive ketones (excluding diaryl/α,β-unsaturated/α-hetero) is 1. The fourth-order valence-corrected chi connectivity index (χ4v) is 5.36.